The SMILES string of the molecule is CCCCCCCCCCCCCC(C)OOS(=O)(=O)O. The molecular weight excluding hydrogens is 292 g/mol. The van der Waals surface area contributed by atoms with Crippen LogP contribution in [0.3, 0.4) is 0 Å². The minimum absolute atomic E-state index is 0.328. The number of unbranched alkanes of at least 4 members (excludes halogenated alkanes) is 10. The van der Waals surface area contributed by atoms with Gasteiger partial charge < -0.3 is 0 Å². The fourth-order valence-electron chi connectivity index (χ4n) is 2.26. The van der Waals surface area contributed by atoms with Crippen LogP contribution in [0.5, 0.6) is 0 Å². The first kappa shape index (κ1) is 20.8. The molecule has 0 amide bonds. The van der Waals surface area contributed by atoms with Crippen molar-refractivity contribution in [2.75, 3.05) is 0 Å². The summed E-state index contributed by atoms with van der Waals surface area (Å²) in [6, 6.07) is 0. The zero-order chi connectivity index (χ0) is 16.0. The summed E-state index contributed by atoms with van der Waals surface area (Å²) in [5.41, 5.74) is 0. The van der Waals surface area contributed by atoms with Gasteiger partial charge in [-0.2, -0.15) is 8.42 Å². The van der Waals surface area contributed by atoms with Gasteiger partial charge >= 0.3 is 10.4 Å². The lowest BCUT2D eigenvalue weighted by molar-refractivity contribution is -0.242. The Balaban J connectivity index is 3.21. The molecule has 0 aromatic rings. The average Bonchev–Trinajstić information content (AvgIpc) is 2.42. The highest BCUT2D eigenvalue weighted by Gasteiger charge is 2.10. The molecule has 1 N–H and O–H groups in total. The third kappa shape index (κ3) is 17.8. The van der Waals surface area contributed by atoms with E-state index in [1.807, 2.05) is 0 Å². The molecule has 0 saturated carbocycles. The van der Waals surface area contributed by atoms with Crippen molar-refractivity contribution in [1.82, 2.24) is 0 Å². The van der Waals surface area contributed by atoms with Gasteiger partial charge in [0.2, 0.25) is 0 Å². The lowest BCUT2D eigenvalue weighted by Gasteiger charge is -2.09. The van der Waals surface area contributed by atoms with Crippen LogP contribution in [0.1, 0.15) is 90.9 Å². The van der Waals surface area contributed by atoms with Gasteiger partial charge in [0, 0.05) is 0 Å². The van der Waals surface area contributed by atoms with E-state index in [4.69, 9.17) is 4.55 Å². The van der Waals surface area contributed by atoms with Crippen LogP contribution in [-0.4, -0.2) is 19.1 Å². The van der Waals surface area contributed by atoms with E-state index >= 15 is 0 Å². The van der Waals surface area contributed by atoms with Gasteiger partial charge in [-0.15, -0.1) is 0 Å². The van der Waals surface area contributed by atoms with Gasteiger partial charge in [0.1, 0.15) is 0 Å². The molecule has 128 valence electrons. The first-order chi connectivity index (χ1) is 9.95. The van der Waals surface area contributed by atoms with E-state index in [1.165, 1.54) is 57.8 Å². The van der Waals surface area contributed by atoms with E-state index in [1.54, 1.807) is 6.92 Å². The molecule has 0 saturated heterocycles. The van der Waals surface area contributed by atoms with Crippen LogP contribution in [0.2, 0.25) is 0 Å². The van der Waals surface area contributed by atoms with Crippen LogP contribution in [0.15, 0.2) is 0 Å². The summed E-state index contributed by atoms with van der Waals surface area (Å²) in [6.45, 7) is 3.96. The van der Waals surface area contributed by atoms with Crippen LogP contribution in [0.25, 0.3) is 0 Å². The molecule has 5 nitrogen and oxygen atoms in total. The molecular formula is C15H32O5S. The van der Waals surface area contributed by atoms with Crippen LogP contribution < -0.4 is 0 Å². The molecule has 0 fully saturated rings. The van der Waals surface area contributed by atoms with Crippen molar-refractivity contribution in [2.24, 2.45) is 0 Å². The summed E-state index contributed by atoms with van der Waals surface area (Å²) < 4.78 is 32.8. The second-order valence-electron chi connectivity index (χ2n) is 5.73. The van der Waals surface area contributed by atoms with Crippen molar-refractivity contribution >= 4 is 10.4 Å². The minimum Gasteiger partial charge on any atom is -0.262 e. The molecule has 0 aliphatic carbocycles. The molecule has 0 aliphatic heterocycles. The van der Waals surface area contributed by atoms with E-state index < -0.39 is 10.4 Å². The van der Waals surface area contributed by atoms with E-state index in [2.05, 4.69) is 16.1 Å². The Bertz CT molecular complexity index is 316. The number of hydrogen-bond acceptors (Lipinski definition) is 4. The van der Waals surface area contributed by atoms with Crippen LogP contribution in [0, 0.1) is 0 Å². The van der Waals surface area contributed by atoms with E-state index in [-0.39, 0.29) is 6.10 Å². The van der Waals surface area contributed by atoms with Gasteiger partial charge in [0.05, 0.1) is 6.10 Å². The van der Waals surface area contributed by atoms with Gasteiger partial charge in [-0.3, -0.25) is 4.55 Å². The molecule has 0 aliphatic rings. The maximum Gasteiger partial charge on any atom is 0.424 e. The van der Waals surface area contributed by atoms with Gasteiger partial charge in [0.15, 0.2) is 0 Å². The Morgan fingerprint density at radius 3 is 1.71 bits per heavy atom. The van der Waals surface area contributed by atoms with E-state index in [9.17, 15) is 8.42 Å². The van der Waals surface area contributed by atoms with Gasteiger partial charge in [-0.1, -0.05) is 81.9 Å². The molecule has 1 atom stereocenters. The van der Waals surface area contributed by atoms with Crippen molar-refractivity contribution in [3.8, 4) is 0 Å². The Morgan fingerprint density at radius 1 is 0.857 bits per heavy atom. The van der Waals surface area contributed by atoms with Crippen molar-refractivity contribution in [3.05, 3.63) is 0 Å². The molecule has 0 aromatic heterocycles. The van der Waals surface area contributed by atoms with E-state index in [0.29, 0.717) is 0 Å². The summed E-state index contributed by atoms with van der Waals surface area (Å²) in [5.74, 6) is 0. The summed E-state index contributed by atoms with van der Waals surface area (Å²) >= 11 is 0. The molecule has 0 heterocycles. The highest BCUT2D eigenvalue weighted by molar-refractivity contribution is 7.80. The molecule has 21 heavy (non-hydrogen) atoms. The zero-order valence-electron chi connectivity index (χ0n) is 13.6. The van der Waals surface area contributed by atoms with E-state index in [0.717, 1.165) is 19.3 Å². The molecule has 0 radical (unpaired) electrons. The zero-order valence-corrected chi connectivity index (χ0v) is 14.4. The fraction of sp³-hybridized carbons (Fsp3) is 1.00. The molecule has 0 rings (SSSR count). The highest BCUT2D eigenvalue weighted by Crippen LogP contribution is 2.13. The van der Waals surface area contributed by atoms with Crippen molar-refractivity contribution in [2.45, 2.75) is 97.0 Å². The average molecular weight is 324 g/mol. The third-order valence-electron chi connectivity index (χ3n) is 3.50. The Hall–Kier alpha value is -0.170. The number of hydrogen-bond donors (Lipinski definition) is 1. The molecule has 0 aromatic carbocycles. The van der Waals surface area contributed by atoms with Gasteiger partial charge in [-0.25, -0.2) is 4.89 Å². The monoisotopic (exact) mass is 324 g/mol. The third-order valence-corrected chi connectivity index (χ3v) is 3.75. The quantitative estimate of drug-likeness (QED) is 0.202. The Kier molecular flexibility index (Phi) is 13.4. The highest BCUT2D eigenvalue weighted by atomic mass is 32.3. The summed E-state index contributed by atoms with van der Waals surface area (Å²) in [6.07, 6.45) is 14.4. The smallest absolute Gasteiger partial charge is 0.262 e. The molecule has 6 heteroatoms. The van der Waals surface area contributed by atoms with Crippen LogP contribution in [-0.2, 0) is 19.6 Å². The topological polar surface area (TPSA) is 72.8 Å². The van der Waals surface area contributed by atoms with Crippen LogP contribution in [0.4, 0.5) is 0 Å². The fourth-order valence-corrected chi connectivity index (χ4v) is 2.49. The second-order valence-corrected chi connectivity index (χ2v) is 6.72. The first-order valence-electron chi connectivity index (χ1n) is 8.28. The predicted octanol–water partition coefficient (Wildman–Crippen LogP) is 4.83. The Labute approximate surface area is 130 Å². The molecule has 1 unspecified atom stereocenters. The normalized spacial score (nSPS) is 13.5. The maximum absolute atomic E-state index is 10.3. The lowest BCUT2D eigenvalue weighted by atomic mass is 10.0. The summed E-state index contributed by atoms with van der Waals surface area (Å²) in [7, 11) is -4.50. The lowest BCUT2D eigenvalue weighted by Crippen LogP contribution is -2.13. The Morgan fingerprint density at radius 2 is 1.29 bits per heavy atom. The largest absolute Gasteiger partial charge is 0.424 e. The molecule has 0 spiro atoms. The second kappa shape index (κ2) is 13.5. The van der Waals surface area contributed by atoms with Gasteiger partial charge in [-0.05, 0) is 13.3 Å². The molecule has 0 bridgehead atoms. The number of rotatable bonds is 15. The maximum atomic E-state index is 10.3. The van der Waals surface area contributed by atoms with Gasteiger partial charge in [0.25, 0.3) is 0 Å². The van der Waals surface area contributed by atoms with Crippen molar-refractivity contribution < 1.29 is 22.2 Å². The predicted molar refractivity (Wildman–Crippen MR) is 84.3 cm³/mol. The van der Waals surface area contributed by atoms with Crippen molar-refractivity contribution in [3.63, 3.8) is 0 Å². The summed E-state index contributed by atoms with van der Waals surface area (Å²) in [5, 5.41) is 0. The summed E-state index contributed by atoms with van der Waals surface area (Å²) in [4.78, 5) is 4.56. The standard InChI is InChI=1S/C15H32O5S/c1-3-4-5-6-7-8-9-10-11-12-13-14-15(2)19-20-21(16,17)18/h15H,3-14H2,1-2H3,(H,16,17,18). The van der Waals surface area contributed by atoms with Crippen LogP contribution >= 0.6 is 0 Å². The first-order valence-corrected chi connectivity index (χ1v) is 9.64. The minimum atomic E-state index is -4.50. The van der Waals surface area contributed by atoms with Crippen molar-refractivity contribution in [1.29, 1.82) is 0 Å².